The molecule has 1 aromatic rings. The first-order valence-corrected chi connectivity index (χ1v) is 4.68. The van der Waals surface area contributed by atoms with Crippen LogP contribution in [0.15, 0.2) is 30.6 Å². The molecule has 1 fully saturated rings. The molecule has 2 nitrogen and oxygen atoms in total. The molecule has 2 rings (SSSR count). The number of hydrogen-bond donors (Lipinski definition) is 0. The third-order valence-electron chi connectivity index (χ3n) is 2.36. The fourth-order valence-corrected chi connectivity index (χ4v) is 1.69. The SMILES string of the molecule is c1cc[n+](N2CCCCC2)cc1. The van der Waals surface area contributed by atoms with E-state index in [0.717, 1.165) is 0 Å². The Kier molecular flexibility index (Phi) is 2.26. The Labute approximate surface area is 73.4 Å². The van der Waals surface area contributed by atoms with E-state index in [4.69, 9.17) is 0 Å². The summed E-state index contributed by atoms with van der Waals surface area (Å²) in [6.07, 6.45) is 8.30. The summed E-state index contributed by atoms with van der Waals surface area (Å²) in [5.41, 5.74) is 0. The smallest absolute Gasteiger partial charge is 0.181 e. The zero-order chi connectivity index (χ0) is 8.23. The fraction of sp³-hybridized carbons (Fsp3) is 0.500. The molecular weight excluding hydrogens is 148 g/mol. The minimum Gasteiger partial charge on any atom is -0.181 e. The van der Waals surface area contributed by atoms with E-state index in [1.807, 2.05) is 0 Å². The second kappa shape index (κ2) is 3.57. The molecule has 0 radical (unpaired) electrons. The van der Waals surface area contributed by atoms with Gasteiger partial charge in [0, 0.05) is 12.1 Å². The summed E-state index contributed by atoms with van der Waals surface area (Å²) in [5.74, 6) is 0. The first-order chi connectivity index (χ1) is 5.97. The van der Waals surface area contributed by atoms with E-state index >= 15 is 0 Å². The highest BCUT2D eigenvalue weighted by Gasteiger charge is 2.15. The number of piperidine rings is 1. The van der Waals surface area contributed by atoms with Crippen molar-refractivity contribution in [2.24, 2.45) is 0 Å². The summed E-state index contributed by atoms with van der Waals surface area (Å²) in [6.45, 7) is 2.41. The van der Waals surface area contributed by atoms with Crippen molar-refractivity contribution in [3.05, 3.63) is 30.6 Å². The predicted octanol–water partition coefficient (Wildman–Crippen LogP) is 1.10. The van der Waals surface area contributed by atoms with Gasteiger partial charge < -0.3 is 0 Å². The fourth-order valence-electron chi connectivity index (χ4n) is 1.69. The molecule has 1 saturated heterocycles. The van der Waals surface area contributed by atoms with Crippen LogP contribution in [-0.4, -0.2) is 13.1 Å². The van der Waals surface area contributed by atoms with Gasteiger partial charge in [-0.3, -0.25) is 0 Å². The van der Waals surface area contributed by atoms with Crippen LogP contribution in [0.4, 0.5) is 0 Å². The number of pyridine rings is 1. The van der Waals surface area contributed by atoms with Gasteiger partial charge >= 0.3 is 0 Å². The highest BCUT2D eigenvalue weighted by molar-refractivity contribution is 4.86. The molecule has 12 heavy (non-hydrogen) atoms. The average molecular weight is 163 g/mol. The van der Waals surface area contributed by atoms with Gasteiger partial charge in [-0.15, -0.1) is 0 Å². The highest BCUT2D eigenvalue weighted by atomic mass is 15.5. The van der Waals surface area contributed by atoms with Crippen LogP contribution in [0.25, 0.3) is 0 Å². The van der Waals surface area contributed by atoms with E-state index in [-0.39, 0.29) is 0 Å². The van der Waals surface area contributed by atoms with Gasteiger partial charge in [-0.25, -0.2) is 0 Å². The lowest BCUT2D eigenvalue weighted by Crippen LogP contribution is -2.59. The van der Waals surface area contributed by atoms with Gasteiger partial charge in [-0.2, -0.15) is 5.01 Å². The summed E-state index contributed by atoms with van der Waals surface area (Å²) < 4.78 is 2.19. The van der Waals surface area contributed by atoms with Crippen LogP contribution in [0.2, 0.25) is 0 Å². The molecule has 0 amide bonds. The zero-order valence-corrected chi connectivity index (χ0v) is 7.32. The predicted molar refractivity (Wildman–Crippen MR) is 48.4 cm³/mol. The Morgan fingerprint density at radius 1 is 0.833 bits per heavy atom. The van der Waals surface area contributed by atoms with Gasteiger partial charge in [0.15, 0.2) is 12.4 Å². The molecule has 0 aliphatic carbocycles. The van der Waals surface area contributed by atoms with Crippen LogP contribution in [0, 0.1) is 0 Å². The molecule has 2 heterocycles. The van der Waals surface area contributed by atoms with Gasteiger partial charge in [-0.1, -0.05) is 10.7 Å². The van der Waals surface area contributed by atoms with E-state index < -0.39 is 0 Å². The van der Waals surface area contributed by atoms with Crippen LogP contribution in [0.1, 0.15) is 19.3 Å². The molecule has 0 unspecified atom stereocenters. The summed E-state index contributed by atoms with van der Waals surface area (Å²) in [7, 11) is 0. The molecule has 1 aromatic heterocycles. The second-order valence-corrected chi connectivity index (χ2v) is 3.27. The van der Waals surface area contributed by atoms with Crippen molar-refractivity contribution in [2.75, 3.05) is 18.1 Å². The molecule has 0 bridgehead atoms. The molecule has 0 N–H and O–H groups in total. The maximum absolute atomic E-state index is 2.39. The lowest BCUT2D eigenvalue weighted by molar-refractivity contribution is -0.694. The normalized spacial score (nSPS) is 17.8. The summed E-state index contributed by atoms with van der Waals surface area (Å²) >= 11 is 0. The highest BCUT2D eigenvalue weighted by Crippen LogP contribution is 2.03. The van der Waals surface area contributed by atoms with Crippen LogP contribution in [-0.2, 0) is 0 Å². The average Bonchev–Trinajstić information content (AvgIpc) is 2.21. The number of rotatable bonds is 1. The zero-order valence-electron chi connectivity index (χ0n) is 7.32. The van der Waals surface area contributed by atoms with Crippen molar-refractivity contribution in [1.29, 1.82) is 0 Å². The third-order valence-corrected chi connectivity index (χ3v) is 2.36. The summed E-state index contributed by atoms with van der Waals surface area (Å²) in [6, 6.07) is 6.21. The van der Waals surface area contributed by atoms with Crippen molar-refractivity contribution >= 4 is 0 Å². The minimum atomic E-state index is 1.20. The van der Waals surface area contributed by atoms with Crippen LogP contribution in [0.3, 0.4) is 0 Å². The minimum absolute atomic E-state index is 1.20. The topological polar surface area (TPSA) is 7.12 Å². The van der Waals surface area contributed by atoms with E-state index in [9.17, 15) is 0 Å². The first kappa shape index (κ1) is 7.59. The molecule has 0 aromatic carbocycles. The Bertz CT molecular complexity index is 227. The molecule has 0 atom stereocenters. The molecule has 0 saturated carbocycles. The van der Waals surface area contributed by atoms with Gasteiger partial charge in [-0.05, 0) is 19.3 Å². The standard InChI is InChI=1S/C10H15N2/c1-3-7-11(8-4-1)12-9-5-2-6-10-12/h1,3-4,7-8H,2,5-6,9-10H2/q+1. The number of hydrogen-bond acceptors (Lipinski definition) is 1. The maximum atomic E-state index is 2.39. The van der Waals surface area contributed by atoms with Crippen LogP contribution in [0.5, 0.6) is 0 Å². The van der Waals surface area contributed by atoms with Gasteiger partial charge in [0.25, 0.3) is 0 Å². The summed E-state index contributed by atoms with van der Waals surface area (Å²) in [5, 5.41) is 2.39. The van der Waals surface area contributed by atoms with Crippen molar-refractivity contribution in [3.8, 4) is 0 Å². The summed E-state index contributed by atoms with van der Waals surface area (Å²) in [4.78, 5) is 0. The lowest BCUT2D eigenvalue weighted by atomic mass is 10.2. The van der Waals surface area contributed by atoms with Gasteiger partial charge in [0.1, 0.15) is 0 Å². The van der Waals surface area contributed by atoms with Crippen LogP contribution < -0.4 is 9.69 Å². The molecular formula is C10H15N2+. The van der Waals surface area contributed by atoms with E-state index in [2.05, 4.69) is 40.3 Å². The number of aromatic nitrogens is 1. The lowest BCUT2D eigenvalue weighted by Gasteiger charge is -2.21. The Morgan fingerprint density at radius 3 is 2.17 bits per heavy atom. The quantitative estimate of drug-likeness (QED) is 0.562. The first-order valence-electron chi connectivity index (χ1n) is 4.68. The van der Waals surface area contributed by atoms with Gasteiger partial charge in [0.05, 0.1) is 13.1 Å². The van der Waals surface area contributed by atoms with E-state index in [0.29, 0.717) is 0 Å². The van der Waals surface area contributed by atoms with E-state index in [1.165, 1.54) is 32.4 Å². The molecule has 2 heteroatoms. The maximum Gasteiger partial charge on any atom is 0.199 e. The van der Waals surface area contributed by atoms with Crippen LogP contribution >= 0.6 is 0 Å². The molecule has 0 spiro atoms. The van der Waals surface area contributed by atoms with Crippen molar-refractivity contribution in [3.63, 3.8) is 0 Å². The largest absolute Gasteiger partial charge is 0.199 e. The van der Waals surface area contributed by atoms with Crippen molar-refractivity contribution < 1.29 is 4.68 Å². The van der Waals surface area contributed by atoms with Crippen molar-refractivity contribution in [1.82, 2.24) is 0 Å². The second-order valence-electron chi connectivity index (χ2n) is 3.27. The van der Waals surface area contributed by atoms with E-state index in [1.54, 1.807) is 0 Å². The van der Waals surface area contributed by atoms with Gasteiger partial charge in [0.2, 0.25) is 0 Å². The Morgan fingerprint density at radius 2 is 1.50 bits per heavy atom. The Balaban J connectivity index is 2.08. The monoisotopic (exact) mass is 163 g/mol. The van der Waals surface area contributed by atoms with Crippen molar-refractivity contribution in [2.45, 2.75) is 19.3 Å². The Hall–Kier alpha value is -1.05. The third kappa shape index (κ3) is 1.58. The molecule has 64 valence electrons. The molecule has 1 aliphatic rings. The molecule has 1 aliphatic heterocycles. The number of nitrogens with zero attached hydrogens (tertiary/aromatic N) is 2.